The normalized spacial score (nSPS) is 13.6. The number of imidazole rings is 1. The number of fused-ring (bicyclic) bond motifs is 2. The highest BCUT2D eigenvalue weighted by Gasteiger charge is 2.12. The van der Waals surface area contributed by atoms with Gasteiger partial charge in [0.25, 0.3) is 0 Å². The van der Waals surface area contributed by atoms with Crippen molar-refractivity contribution >= 4 is 28.6 Å². The Kier molecular flexibility index (Phi) is 2.35. The second kappa shape index (κ2) is 4.19. The van der Waals surface area contributed by atoms with Crippen LogP contribution in [0.2, 0.25) is 0 Å². The summed E-state index contributed by atoms with van der Waals surface area (Å²) in [7, 11) is 0. The molecular weight excluding hydrogens is 252 g/mol. The quantitative estimate of drug-likeness (QED) is 0.661. The zero-order chi connectivity index (χ0) is 13.5. The highest BCUT2D eigenvalue weighted by atomic mass is 15.1. The third kappa shape index (κ3) is 1.77. The van der Waals surface area contributed by atoms with Gasteiger partial charge in [0.15, 0.2) is 11.5 Å². The average molecular weight is 266 g/mol. The lowest BCUT2D eigenvalue weighted by molar-refractivity contribution is 0.912. The molecule has 100 valence electrons. The second-order valence-corrected chi connectivity index (χ2v) is 4.99. The van der Waals surface area contributed by atoms with E-state index in [1.54, 1.807) is 6.33 Å². The summed E-state index contributed by atoms with van der Waals surface area (Å²) in [4.78, 5) is 15.5. The fraction of sp³-hybridized carbons (Fsp3) is 0.214. The third-order valence-corrected chi connectivity index (χ3v) is 3.66. The molecule has 3 aromatic rings. The van der Waals surface area contributed by atoms with E-state index in [4.69, 9.17) is 5.73 Å². The van der Waals surface area contributed by atoms with E-state index in [2.05, 4.69) is 43.5 Å². The Morgan fingerprint density at radius 2 is 2.05 bits per heavy atom. The van der Waals surface area contributed by atoms with Crippen molar-refractivity contribution in [2.45, 2.75) is 19.3 Å². The van der Waals surface area contributed by atoms with Crippen LogP contribution in [0, 0.1) is 0 Å². The Bertz CT molecular complexity index is 791. The molecule has 6 heteroatoms. The van der Waals surface area contributed by atoms with Crippen LogP contribution in [0.3, 0.4) is 0 Å². The molecule has 2 aromatic heterocycles. The molecule has 2 heterocycles. The molecule has 0 unspecified atom stereocenters. The predicted molar refractivity (Wildman–Crippen MR) is 77.8 cm³/mol. The first-order chi connectivity index (χ1) is 9.79. The van der Waals surface area contributed by atoms with E-state index in [0.29, 0.717) is 11.5 Å². The number of aromatic amines is 1. The first kappa shape index (κ1) is 11.2. The lowest BCUT2D eigenvalue weighted by Crippen LogP contribution is -2.01. The number of aryl methyl sites for hydroxylation is 2. The molecule has 0 saturated carbocycles. The summed E-state index contributed by atoms with van der Waals surface area (Å²) in [5.41, 5.74) is 10.9. The number of rotatable bonds is 2. The number of anilines is 3. The van der Waals surface area contributed by atoms with Crippen LogP contribution < -0.4 is 11.1 Å². The first-order valence-corrected chi connectivity index (χ1v) is 6.65. The molecule has 0 fully saturated rings. The minimum atomic E-state index is 0.216. The minimum absolute atomic E-state index is 0.216. The number of nitrogens with two attached hydrogens (primary N) is 1. The van der Waals surface area contributed by atoms with E-state index in [-0.39, 0.29) is 5.95 Å². The van der Waals surface area contributed by atoms with Gasteiger partial charge in [-0.3, -0.25) is 0 Å². The second-order valence-electron chi connectivity index (χ2n) is 4.99. The Morgan fingerprint density at radius 3 is 3.00 bits per heavy atom. The van der Waals surface area contributed by atoms with Gasteiger partial charge in [-0.2, -0.15) is 9.97 Å². The standard InChI is InChI=1S/C14H14N6/c15-14-19-12-11(16-7-17-12)13(20-14)18-10-5-4-8-2-1-3-9(8)6-10/h4-7H,1-3H2,(H4,15,16,17,18,19,20). The van der Waals surface area contributed by atoms with Gasteiger partial charge in [0, 0.05) is 5.69 Å². The van der Waals surface area contributed by atoms with E-state index < -0.39 is 0 Å². The molecule has 0 bridgehead atoms. The number of nitrogens with one attached hydrogen (secondary N) is 2. The summed E-state index contributed by atoms with van der Waals surface area (Å²) in [6.07, 6.45) is 5.16. The van der Waals surface area contributed by atoms with Crippen molar-refractivity contribution in [1.82, 2.24) is 19.9 Å². The number of H-pyrrole nitrogens is 1. The van der Waals surface area contributed by atoms with Crippen LogP contribution in [0.1, 0.15) is 17.5 Å². The molecule has 0 atom stereocenters. The molecule has 0 saturated heterocycles. The summed E-state index contributed by atoms with van der Waals surface area (Å²) >= 11 is 0. The summed E-state index contributed by atoms with van der Waals surface area (Å²) in [5.74, 6) is 0.871. The molecule has 0 amide bonds. The van der Waals surface area contributed by atoms with Crippen LogP contribution >= 0.6 is 0 Å². The summed E-state index contributed by atoms with van der Waals surface area (Å²) in [5, 5.41) is 3.30. The maximum absolute atomic E-state index is 5.71. The van der Waals surface area contributed by atoms with Crippen LogP contribution in [-0.4, -0.2) is 19.9 Å². The molecule has 0 aliphatic heterocycles. The largest absolute Gasteiger partial charge is 0.368 e. The third-order valence-electron chi connectivity index (χ3n) is 3.66. The van der Waals surface area contributed by atoms with Gasteiger partial charge in [0.2, 0.25) is 5.95 Å². The van der Waals surface area contributed by atoms with Crippen LogP contribution in [0.5, 0.6) is 0 Å². The Balaban J connectivity index is 1.75. The molecule has 1 aliphatic carbocycles. The first-order valence-electron chi connectivity index (χ1n) is 6.65. The van der Waals surface area contributed by atoms with Gasteiger partial charge in [-0.05, 0) is 42.5 Å². The number of hydrogen-bond acceptors (Lipinski definition) is 5. The van der Waals surface area contributed by atoms with Gasteiger partial charge in [0.1, 0.15) is 5.52 Å². The van der Waals surface area contributed by atoms with Gasteiger partial charge >= 0.3 is 0 Å². The molecule has 20 heavy (non-hydrogen) atoms. The van der Waals surface area contributed by atoms with Crippen molar-refractivity contribution in [3.63, 3.8) is 0 Å². The minimum Gasteiger partial charge on any atom is -0.368 e. The number of nitrogens with zero attached hydrogens (tertiary/aromatic N) is 3. The van der Waals surface area contributed by atoms with Gasteiger partial charge in [-0.15, -0.1) is 0 Å². The zero-order valence-corrected chi connectivity index (χ0v) is 10.8. The summed E-state index contributed by atoms with van der Waals surface area (Å²) in [6, 6.07) is 6.44. The maximum atomic E-state index is 5.71. The van der Waals surface area contributed by atoms with E-state index in [0.717, 1.165) is 17.6 Å². The average Bonchev–Trinajstić information content (AvgIpc) is 3.05. The molecule has 4 rings (SSSR count). The molecule has 1 aromatic carbocycles. The Labute approximate surface area is 115 Å². The summed E-state index contributed by atoms with van der Waals surface area (Å²) in [6.45, 7) is 0. The van der Waals surface area contributed by atoms with Crippen molar-refractivity contribution in [3.05, 3.63) is 35.7 Å². The van der Waals surface area contributed by atoms with E-state index in [1.165, 1.54) is 24.0 Å². The zero-order valence-electron chi connectivity index (χ0n) is 10.8. The highest BCUT2D eigenvalue weighted by molar-refractivity contribution is 5.85. The number of aromatic nitrogens is 4. The highest BCUT2D eigenvalue weighted by Crippen LogP contribution is 2.27. The van der Waals surface area contributed by atoms with Gasteiger partial charge in [0.05, 0.1) is 6.33 Å². The Hall–Kier alpha value is -2.63. The van der Waals surface area contributed by atoms with E-state index >= 15 is 0 Å². The van der Waals surface area contributed by atoms with E-state index in [1.807, 2.05) is 0 Å². The number of hydrogen-bond donors (Lipinski definition) is 3. The topological polar surface area (TPSA) is 92.5 Å². The SMILES string of the molecule is Nc1nc(Nc2ccc3c(c2)CCC3)c2[nH]cnc2n1. The number of nitrogen functional groups attached to an aromatic ring is 1. The van der Waals surface area contributed by atoms with Gasteiger partial charge in [-0.1, -0.05) is 6.07 Å². The monoisotopic (exact) mass is 266 g/mol. The Morgan fingerprint density at radius 1 is 1.15 bits per heavy atom. The van der Waals surface area contributed by atoms with Crippen molar-refractivity contribution in [3.8, 4) is 0 Å². The predicted octanol–water partition coefficient (Wildman–Crippen LogP) is 2.17. The van der Waals surface area contributed by atoms with Crippen molar-refractivity contribution in [1.29, 1.82) is 0 Å². The molecule has 0 radical (unpaired) electrons. The fourth-order valence-corrected chi connectivity index (χ4v) is 2.73. The van der Waals surface area contributed by atoms with Crippen molar-refractivity contribution < 1.29 is 0 Å². The fourth-order valence-electron chi connectivity index (χ4n) is 2.73. The van der Waals surface area contributed by atoms with Crippen LogP contribution in [-0.2, 0) is 12.8 Å². The maximum Gasteiger partial charge on any atom is 0.224 e. The van der Waals surface area contributed by atoms with Crippen LogP contribution in [0.15, 0.2) is 24.5 Å². The van der Waals surface area contributed by atoms with Crippen LogP contribution in [0.4, 0.5) is 17.5 Å². The lowest BCUT2D eigenvalue weighted by Gasteiger charge is -2.08. The van der Waals surface area contributed by atoms with E-state index in [9.17, 15) is 0 Å². The molecule has 4 N–H and O–H groups in total. The van der Waals surface area contributed by atoms with Crippen molar-refractivity contribution in [2.75, 3.05) is 11.1 Å². The van der Waals surface area contributed by atoms with Crippen molar-refractivity contribution in [2.24, 2.45) is 0 Å². The molecular formula is C14H14N6. The number of benzene rings is 1. The lowest BCUT2D eigenvalue weighted by atomic mass is 10.1. The molecule has 6 nitrogen and oxygen atoms in total. The van der Waals surface area contributed by atoms with Gasteiger partial charge < -0.3 is 16.0 Å². The molecule has 1 aliphatic rings. The smallest absolute Gasteiger partial charge is 0.224 e. The summed E-state index contributed by atoms with van der Waals surface area (Å²) < 4.78 is 0. The molecule has 0 spiro atoms. The van der Waals surface area contributed by atoms with Crippen LogP contribution in [0.25, 0.3) is 11.2 Å². The van der Waals surface area contributed by atoms with Gasteiger partial charge in [-0.25, -0.2) is 4.98 Å².